The number of aromatic nitrogens is 4. The number of nitrogens with zero attached hydrogens (tertiary/aromatic N) is 4. The minimum absolute atomic E-state index is 0.174. The van der Waals surface area contributed by atoms with E-state index in [4.69, 9.17) is 0 Å². The molecule has 0 fully saturated rings. The second-order valence-corrected chi connectivity index (χ2v) is 4.82. The first-order valence-corrected chi connectivity index (χ1v) is 6.79. The lowest BCUT2D eigenvalue weighted by Gasteiger charge is -2.07. The number of rotatable bonds is 2. The van der Waals surface area contributed by atoms with E-state index >= 15 is 0 Å². The maximum Gasteiger partial charge on any atom is 0.282 e. The number of hydrogen-bond donors (Lipinski definition) is 0. The molecule has 0 aliphatic heterocycles. The van der Waals surface area contributed by atoms with Crippen molar-refractivity contribution in [2.45, 2.75) is 13.8 Å². The van der Waals surface area contributed by atoms with Gasteiger partial charge < -0.3 is 0 Å². The van der Waals surface area contributed by atoms with E-state index in [1.54, 1.807) is 13.0 Å². The molecule has 0 aliphatic rings. The smallest absolute Gasteiger partial charge is 0.273 e. The zero-order valence-electron chi connectivity index (χ0n) is 12.2. The molecule has 3 rings (SSSR count). The molecule has 1 aromatic carbocycles. The van der Waals surface area contributed by atoms with Gasteiger partial charge in [-0.05, 0) is 18.6 Å². The molecule has 6 heteroatoms. The molecule has 0 spiro atoms. The Kier molecular flexibility index (Phi) is 3.42. The number of benzene rings is 1. The van der Waals surface area contributed by atoms with Gasteiger partial charge in [0.2, 0.25) is 5.91 Å². The van der Waals surface area contributed by atoms with Gasteiger partial charge in [0.25, 0.3) is 11.5 Å². The summed E-state index contributed by atoms with van der Waals surface area (Å²) in [5, 5.41) is 0. The van der Waals surface area contributed by atoms with Gasteiger partial charge in [-0.2, -0.15) is 4.68 Å². The van der Waals surface area contributed by atoms with Crippen LogP contribution < -0.4 is 5.56 Å². The molecule has 0 amide bonds. The standard InChI is InChI=1S/C16H14N4O2/c1-11-14(13-7-4-3-5-8-13)15(22)20(19(11)12(2)21)16-17-9-6-10-18-16/h3-10H,1-2H3. The van der Waals surface area contributed by atoms with E-state index in [0.29, 0.717) is 11.3 Å². The van der Waals surface area contributed by atoms with Gasteiger partial charge in [-0.15, -0.1) is 0 Å². The highest BCUT2D eigenvalue weighted by Gasteiger charge is 2.22. The molecule has 0 atom stereocenters. The van der Waals surface area contributed by atoms with Crippen LogP contribution in [0, 0.1) is 6.92 Å². The summed E-state index contributed by atoms with van der Waals surface area (Å²) in [4.78, 5) is 33.0. The average Bonchev–Trinajstić information content (AvgIpc) is 2.80. The van der Waals surface area contributed by atoms with Crippen molar-refractivity contribution >= 4 is 5.91 Å². The molecule has 0 unspecified atom stereocenters. The highest BCUT2D eigenvalue weighted by molar-refractivity contribution is 5.79. The Morgan fingerprint density at radius 3 is 2.27 bits per heavy atom. The van der Waals surface area contributed by atoms with Crippen molar-refractivity contribution in [1.29, 1.82) is 0 Å². The lowest BCUT2D eigenvalue weighted by Crippen LogP contribution is -2.26. The van der Waals surface area contributed by atoms with Crippen molar-refractivity contribution in [1.82, 2.24) is 19.3 Å². The molecular formula is C16H14N4O2. The molecule has 2 heterocycles. The second-order valence-electron chi connectivity index (χ2n) is 4.82. The van der Waals surface area contributed by atoms with E-state index in [0.717, 1.165) is 5.56 Å². The van der Waals surface area contributed by atoms with Gasteiger partial charge in [0, 0.05) is 19.3 Å². The molecular weight excluding hydrogens is 280 g/mol. The molecule has 22 heavy (non-hydrogen) atoms. The first-order chi connectivity index (χ1) is 10.6. The van der Waals surface area contributed by atoms with Crippen LogP contribution in [0.5, 0.6) is 0 Å². The van der Waals surface area contributed by atoms with Crippen LogP contribution in [0.25, 0.3) is 17.1 Å². The first kappa shape index (κ1) is 13.9. The highest BCUT2D eigenvalue weighted by Crippen LogP contribution is 2.21. The molecule has 0 bridgehead atoms. The maximum atomic E-state index is 12.8. The molecule has 6 nitrogen and oxygen atoms in total. The second kappa shape index (κ2) is 5.40. The number of hydrogen-bond acceptors (Lipinski definition) is 4. The largest absolute Gasteiger partial charge is 0.282 e. The molecule has 110 valence electrons. The summed E-state index contributed by atoms with van der Waals surface area (Å²) in [6.45, 7) is 3.14. The summed E-state index contributed by atoms with van der Waals surface area (Å²) in [6, 6.07) is 10.9. The van der Waals surface area contributed by atoms with Crippen molar-refractivity contribution in [2.24, 2.45) is 0 Å². The van der Waals surface area contributed by atoms with E-state index < -0.39 is 0 Å². The lowest BCUT2D eigenvalue weighted by atomic mass is 10.1. The fraction of sp³-hybridized carbons (Fsp3) is 0.125. The first-order valence-electron chi connectivity index (χ1n) is 6.79. The van der Waals surface area contributed by atoms with Crippen molar-refractivity contribution in [3.63, 3.8) is 0 Å². The van der Waals surface area contributed by atoms with Crippen LogP contribution in [0.3, 0.4) is 0 Å². The summed E-state index contributed by atoms with van der Waals surface area (Å²) in [5.41, 5.74) is 1.49. The van der Waals surface area contributed by atoms with Crippen molar-refractivity contribution in [2.75, 3.05) is 0 Å². The topological polar surface area (TPSA) is 69.8 Å². The van der Waals surface area contributed by atoms with Crippen LogP contribution in [0.4, 0.5) is 0 Å². The Bertz CT molecular complexity index is 880. The van der Waals surface area contributed by atoms with Gasteiger partial charge in [-0.25, -0.2) is 14.6 Å². The fourth-order valence-corrected chi connectivity index (χ4v) is 2.50. The molecule has 3 aromatic rings. The van der Waals surface area contributed by atoms with Gasteiger partial charge >= 0.3 is 0 Å². The maximum absolute atomic E-state index is 12.8. The minimum Gasteiger partial charge on any atom is -0.273 e. The zero-order chi connectivity index (χ0) is 15.7. The van der Waals surface area contributed by atoms with Crippen molar-refractivity contribution in [3.05, 3.63) is 64.8 Å². The Hall–Kier alpha value is -3.02. The Balaban J connectivity index is 2.37. The lowest BCUT2D eigenvalue weighted by molar-refractivity contribution is 0.0908. The van der Waals surface area contributed by atoms with Gasteiger partial charge in [0.05, 0.1) is 11.3 Å². The number of carbonyl (C=O) groups is 1. The summed E-state index contributed by atoms with van der Waals surface area (Å²) in [6.07, 6.45) is 3.06. The third-order valence-electron chi connectivity index (χ3n) is 3.39. The monoisotopic (exact) mass is 294 g/mol. The summed E-state index contributed by atoms with van der Waals surface area (Å²) in [5.74, 6) is -0.0998. The Labute approximate surface area is 126 Å². The minimum atomic E-state index is -0.315. The van der Waals surface area contributed by atoms with Crippen LogP contribution in [-0.2, 0) is 0 Å². The fourth-order valence-electron chi connectivity index (χ4n) is 2.50. The van der Waals surface area contributed by atoms with Crippen LogP contribution in [-0.4, -0.2) is 25.2 Å². The van der Waals surface area contributed by atoms with Gasteiger partial charge in [0.15, 0.2) is 0 Å². The Morgan fingerprint density at radius 1 is 1.05 bits per heavy atom. The molecule has 0 saturated carbocycles. The summed E-state index contributed by atoms with van der Waals surface area (Å²) >= 11 is 0. The third-order valence-corrected chi connectivity index (χ3v) is 3.39. The molecule has 0 radical (unpaired) electrons. The van der Waals surface area contributed by atoms with Crippen LogP contribution in [0.1, 0.15) is 17.4 Å². The van der Waals surface area contributed by atoms with Gasteiger partial charge in [0.1, 0.15) is 0 Å². The molecule has 0 saturated heterocycles. The SMILES string of the molecule is CC(=O)n1c(C)c(-c2ccccc2)c(=O)n1-c1ncccn1. The van der Waals surface area contributed by atoms with Crippen molar-refractivity contribution in [3.8, 4) is 17.1 Å². The zero-order valence-corrected chi connectivity index (χ0v) is 12.2. The molecule has 2 aromatic heterocycles. The van der Waals surface area contributed by atoms with Crippen LogP contribution >= 0.6 is 0 Å². The van der Waals surface area contributed by atoms with E-state index in [2.05, 4.69) is 9.97 Å². The van der Waals surface area contributed by atoms with E-state index in [1.807, 2.05) is 30.3 Å². The van der Waals surface area contributed by atoms with E-state index in [-0.39, 0.29) is 17.4 Å². The predicted octanol–water partition coefficient (Wildman–Crippen LogP) is 2.06. The van der Waals surface area contributed by atoms with Crippen LogP contribution in [0.2, 0.25) is 0 Å². The molecule has 0 aliphatic carbocycles. The van der Waals surface area contributed by atoms with E-state index in [9.17, 15) is 9.59 Å². The Morgan fingerprint density at radius 2 is 1.68 bits per heavy atom. The van der Waals surface area contributed by atoms with Gasteiger partial charge in [-0.3, -0.25) is 9.59 Å². The van der Waals surface area contributed by atoms with Crippen molar-refractivity contribution < 1.29 is 4.79 Å². The number of carbonyl (C=O) groups excluding carboxylic acids is 1. The van der Waals surface area contributed by atoms with E-state index in [1.165, 1.54) is 28.7 Å². The van der Waals surface area contributed by atoms with Gasteiger partial charge in [-0.1, -0.05) is 30.3 Å². The normalized spacial score (nSPS) is 10.6. The quantitative estimate of drug-likeness (QED) is 0.725. The highest BCUT2D eigenvalue weighted by atomic mass is 16.2. The third kappa shape index (κ3) is 2.14. The summed E-state index contributed by atoms with van der Waals surface area (Å²) < 4.78 is 2.51. The molecule has 0 N–H and O–H groups in total. The van der Waals surface area contributed by atoms with Crippen LogP contribution in [0.15, 0.2) is 53.6 Å². The summed E-state index contributed by atoms with van der Waals surface area (Å²) in [7, 11) is 0. The average molecular weight is 294 g/mol. The predicted molar refractivity (Wildman–Crippen MR) is 82.1 cm³/mol.